The van der Waals surface area contributed by atoms with Crippen LogP contribution < -0.4 is 15.3 Å². The summed E-state index contributed by atoms with van der Waals surface area (Å²) in [6, 6.07) is 19.7. The fourth-order valence-corrected chi connectivity index (χ4v) is 7.20. The highest BCUT2D eigenvalue weighted by molar-refractivity contribution is 5.76. The normalized spacial score (nSPS) is 19.4. The second-order valence-corrected chi connectivity index (χ2v) is 13.1. The smallest absolute Gasteiger partial charge is 0.0514 e. The van der Waals surface area contributed by atoms with E-state index in [4.69, 9.17) is 0 Å². The van der Waals surface area contributed by atoms with Crippen molar-refractivity contribution in [3.05, 3.63) is 201 Å². The van der Waals surface area contributed by atoms with Crippen molar-refractivity contribution in [2.45, 2.75) is 33.6 Å². The van der Waals surface area contributed by atoms with Gasteiger partial charge in [0, 0.05) is 23.7 Å². The van der Waals surface area contributed by atoms with Gasteiger partial charge in [0.2, 0.25) is 0 Å². The fourth-order valence-electron chi connectivity index (χ4n) is 7.20. The van der Waals surface area contributed by atoms with Crippen LogP contribution in [0.15, 0.2) is 158 Å². The Morgan fingerprint density at radius 1 is 0.833 bits per heavy atom. The Balaban J connectivity index is 1.36. The van der Waals surface area contributed by atoms with Gasteiger partial charge in [-0.2, -0.15) is 0 Å². The second kappa shape index (κ2) is 14.2. The lowest BCUT2D eigenvalue weighted by Gasteiger charge is -2.31. The summed E-state index contributed by atoms with van der Waals surface area (Å²) in [4.78, 5) is 2.25. The number of aryl methyl sites for hydroxylation is 3. The van der Waals surface area contributed by atoms with E-state index in [2.05, 4.69) is 174 Å². The number of allylic oxidation sites excluding steroid dienone is 11. The molecule has 0 aliphatic heterocycles. The zero-order valence-corrected chi connectivity index (χ0v) is 28.5. The first-order chi connectivity index (χ1) is 23.2. The van der Waals surface area contributed by atoms with Crippen LogP contribution in [0.5, 0.6) is 0 Å². The standard InChI is InChI=1S/C47H45N/c1-8-39-27-38(28-46-35(6)43-29-41-17-13-14-18-42(41)30-44(31-43)36(46)7)19-21-40(39)23-24-48(47-33(4)25-32(3)26-34(47)5)45(9-2)22-20-37-15-11-10-12-16-37/h8-15,17-30,43-44H,1-2,6-7,16,31H2,3-5H3/b24-23+,37-20-,45-22+,46-28?. The molecule has 6 rings (SSSR count). The molecule has 1 saturated carbocycles. The van der Waals surface area contributed by atoms with Crippen LogP contribution in [0, 0.1) is 32.6 Å². The number of anilines is 1. The number of fused-ring (bicyclic) bond motifs is 3. The molecule has 0 amide bonds. The quantitative estimate of drug-likeness (QED) is 0.226. The van der Waals surface area contributed by atoms with E-state index >= 15 is 0 Å². The van der Waals surface area contributed by atoms with Crippen molar-refractivity contribution < 1.29 is 0 Å². The molecule has 0 N–H and O–H groups in total. The van der Waals surface area contributed by atoms with Gasteiger partial charge in [-0.3, -0.25) is 0 Å². The average molecular weight is 624 g/mol. The van der Waals surface area contributed by atoms with Gasteiger partial charge in [-0.15, -0.1) is 0 Å². The Labute approximate surface area is 287 Å². The minimum Gasteiger partial charge on any atom is -0.317 e. The molecule has 0 heterocycles. The topological polar surface area (TPSA) is 3.24 Å². The summed E-state index contributed by atoms with van der Waals surface area (Å²) in [7, 11) is 0. The summed E-state index contributed by atoms with van der Waals surface area (Å²) >= 11 is 0. The summed E-state index contributed by atoms with van der Waals surface area (Å²) in [5.74, 6) is 0.585. The Hall–Kier alpha value is -5.40. The first-order valence-corrected chi connectivity index (χ1v) is 16.8. The van der Waals surface area contributed by atoms with Crippen molar-refractivity contribution >= 4 is 36.1 Å². The number of hydrogen-bond donors (Lipinski definition) is 0. The summed E-state index contributed by atoms with van der Waals surface area (Å²) in [5, 5.41) is 2.56. The van der Waals surface area contributed by atoms with Crippen molar-refractivity contribution in [2.24, 2.45) is 11.8 Å². The summed E-state index contributed by atoms with van der Waals surface area (Å²) in [6.07, 6.45) is 30.0. The van der Waals surface area contributed by atoms with Crippen molar-refractivity contribution in [2.75, 3.05) is 4.90 Å². The molecule has 3 aromatic rings. The largest absolute Gasteiger partial charge is 0.317 e. The number of hydrogen-bond acceptors (Lipinski definition) is 1. The fraction of sp³-hybridized carbons (Fsp3) is 0.149. The maximum Gasteiger partial charge on any atom is 0.0514 e. The molecule has 0 saturated heterocycles. The number of benzene rings is 3. The average Bonchev–Trinajstić information content (AvgIpc) is 3.27. The predicted octanol–water partition coefficient (Wildman–Crippen LogP) is 10.7. The van der Waals surface area contributed by atoms with E-state index < -0.39 is 0 Å². The molecule has 48 heavy (non-hydrogen) atoms. The van der Waals surface area contributed by atoms with Gasteiger partial charge in [0.15, 0.2) is 0 Å². The van der Waals surface area contributed by atoms with E-state index in [-0.39, 0.29) is 0 Å². The maximum atomic E-state index is 4.57. The van der Waals surface area contributed by atoms with Crippen molar-refractivity contribution in [1.29, 1.82) is 0 Å². The Bertz CT molecular complexity index is 2060. The molecule has 238 valence electrons. The van der Waals surface area contributed by atoms with Gasteiger partial charge in [-0.1, -0.05) is 129 Å². The van der Waals surface area contributed by atoms with E-state index in [1.807, 2.05) is 12.2 Å². The Morgan fingerprint density at radius 3 is 2.12 bits per heavy atom. The van der Waals surface area contributed by atoms with E-state index in [1.54, 1.807) is 0 Å². The van der Waals surface area contributed by atoms with Gasteiger partial charge in [-0.25, -0.2) is 0 Å². The molecular formula is C47H45N. The molecule has 3 aliphatic rings. The summed E-state index contributed by atoms with van der Waals surface area (Å²) in [6.45, 7) is 24.0. The SMILES string of the molecule is C=C/C(=C\C=C1\C=CC=CC1)N(/C=C/c1ccc(C=C2C(=C)C3C=c4ccccc4=CC(C3)C2=C)cc1C=C)c1c(C)cc(C)cc1C. The molecule has 2 unspecified atom stereocenters. The van der Waals surface area contributed by atoms with Gasteiger partial charge in [0.25, 0.3) is 0 Å². The van der Waals surface area contributed by atoms with Crippen LogP contribution in [-0.2, 0) is 0 Å². The van der Waals surface area contributed by atoms with Gasteiger partial charge < -0.3 is 4.90 Å². The van der Waals surface area contributed by atoms with Gasteiger partial charge in [0.05, 0.1) is 5.69 Å². The summed E-state index contributed by atoms with van der Waals surface area (Å²) < 4.78 is 0. The van der Waals surface area contributed by atoms with Crippen LogP contribution in [0.3, 0.4) is 0 Å². The van der Waals surface area contributed by atoms with Crippen molar-refractivity contribution in [3.8, 4) is 0 Å². The second-order valence-electron chi connectivity index (χ2n) is 13.1. The highest BCUT2D eigenvalue weighted by Crippen LogP contribution is 2.43. The lowest BCUT2D eigenvalue weighted by Crippen LogP contribution is -2.23. The van der Waals surface area contributed by atoms with Crippen LogP contribution in [0.25, 0.3) is 30.4 Å². The Kier molecular flexibility index (Phi) is 9.60. The van der Waals surface area contributed by atoms with E-state index in [9.17, 15) is 0 Å². The van der Waals surface area contributed by atoms with Crippen LogP contribution in [0.1, 0.15) is 46.2 Å². The molecule has 0 aromatic heterocycles. The maximum absolute atomic E-state index is 4.57. The monoisotopic (exact) mass is 623 g/mol. The van der Waals surface area contributed by atoms with Gasteiger partial charge in [-0.05, 0) is 125 Å². The lowest BCUT2D eigenvalue weighted by atomic mass is 9.72. The molecule has 1 heteroatoms. The molecule has 0 spiro atoms. The lowest BCUT2D eigenvalue weighted by molar-refractivity contribution is 0.603. The zero-order chi connectivity index (χ0) is 33.8. The van der Waals surface area contributed by atoms with Crippen molar-refractivity contribution in [1.82, 2.24) is 0 Å². The minimum atomic E-state index is 0.292. The molecule has 2 bridgehead atoms. The van der Waals surface area contributed by atoms with Crippen LogP contribution >= 0.6 is 0 Å². The van der Waals surface area contributed by atoms with Crippen LogP contribution in [-0.4, -0.2) is 0 Å². The molecular weight excluding hydrogens is 579 g/mol. The first kappa shape index (κ1) is 32.5. The molecule has 3 aliphatic carbocycles. The van der Waals surface area contributed by atoms with E-state index in [0.717, 1.165) is 57.6 Å². The van der Waals surface area contributed by atoms with Gasteiger partial charge in [0.1, 0.15) is 0 Å². The minimum absolute atomic E-state index is 0.292. The zero-order valence-electron chi connectivity index (χ0n) is 28.5. The molecule has 1 fully saturated rings. The number of nitrogens with zero attached hydrogens (tertiary/aromatic N) is 1. The highest BCUT2D eigenvalue weighted by Gasteiger charge is 2.30. The van der Waals surface area contributed by atoms with Crippen molar-refractivity contribution in [3.63, 3.8) is 0 Å². The number of rotatable bonds is 8. The third kappa shape index (κ3) is 6.82. The van der Waals surface area contributed by atoms with Crippen LogP contribution in [0.2, 0.25) is 0 Å². The third-order valence-corrected chi connectivity index (χ3v) is 9.64. The molecule has 1 nitrogen and oxygen atoms in total. The Morgan fingerprint density at radius 2 is 1.52 bits per heavy atom. The van der Waals surface area contributed by atoms with E-state index in [1.165, 1.54) is 32.7 Å². The predicted molar refractivity (Wildman–Crippen MR) is 210 cm³/mol. The summed E-state index contributed by atoms with van der Waals surface area (Å²) in [5.41, 5.74) is 13.8. The third-order valence-electron chi connectivity index (χ3n) is 9.64. The van der Waals surface area contributed by atoms with E-state index in [0.29, 0.717) is 11.8 Å². The molecule has 0 radical (unpaired) electrons. The van der Waals surface area contributed by atoms with Crippen LogP contribution in [0.4, 0.5) is 5.69 Å². The highest BCUT2D eigenvalue weighted by atomic mass is 15.1. The molecule has 2 atom stereocenters. The van der Waals surface area contributed by atoms with Gasteiger partial charge >= 0.3 is 0 Å². The first-order valence-electron chi connectivity index (χ1n) is 16.8. The molecule has 3 aromatic carbocycles.